The minimum atomic E-state index is -1.24. The number of nitrogens with two attached hydrogens (primary N) is 1. The van der Waals surface area contributed by atoms with Crippen LogP contribution >= 0.6 is 0 Å². The standard InChI is InChI=1S/C19H20N4O4/c20-17-12-5-6-23(18(12)22-8-21-17)19-15(26)14(25)16(27-19)13(24)11-4-2-9-1-3-10(9)7-11/h2,4-8,13-16,19,24-26H,1,3H2,(H2,20,21,22)/t13?,14-,15+,16+,19+/m0/s1. The average molecular weight is 368 g/mol. The second-order valence-electron chi connectivity index (χ2n) is 7.16. The van der Waals surface area contributed by atoms with E-state index in [0.717, 1.165) is 12.8 Å². The van der Waals surface area contributed by atoms with Gasteiger partial charge in [0.15, 0.2) is 6.23 Å². The summed E-state index contributed by atoms with van der Waals surface area (Å²) in [6.07, 6.45) is -0.302. The van der Waals surface area contributed by atoms with E-state index in [9.17, 15) is 15.3 Å². The predicted octanol–water partition coefficient (Wildman–Crippen LogP) is 0.465. The molecule has 3 aromatic rings. The number of ether oxygens (including phenoxy) is 1. The Morgan fingerprint density at radius 3 is 2.67 bits per heavy atom. The van der Waals surface area contributed by atoms with E-state index in [4.69, 9.17) is 10.5 Å². The summed E-state index contributed by atoms with van der Waals surface area (Å²) in [7, 11) is 0. The SMILES string of the molecule is Nc1ncnc2c1ccn2[C@@H]1O[C@H](C(O)c2ccc3c(c2)CC3)[C@@H](O)[C@H]1O. The van der Waals surface area contributed by atoms with Gasteiger partial charge in [-0.25, -0.2) is 9.97 Å². The highest BCUT2D eigenvalue weighted by Gasteiger charge is 2.47. The molecule has 2 aliphatic rings. The van der Waals surface area contributed by atoms with Crippen molar-refractivity contribution in [2.45, 2.75) is 43.5 Å². The summed E-state index contributed by atoms with van der Waals surface area (Å²) in [5.74, 6) is 0.324. The first-order chi connectivity index (χ1) is 13.0. The van der Waals surface area contributed by atoms with E-state index in [-0.39, 0.29) is 0 Å². The van der Waals surface area contributed by atoms with Crippen molar-refractivity contribution in [3.63, 3.8) is 0 Å². The normalized spacial score (nSPS) is 28.1. The summed E-state index contributed by atoms with van der Waals surface area (Å²) in [5.41, 5.74) is 9.52. The zero-order chi connectivity index (χ0) is 18.7. The van der Waals surface area contributed by atoms with Crippen LogP contribution in [0.1, 0.15) is 29.0 Å². The summed E-state index contributed by atoms with van der Waals surface area (Å²) in [6, 6.07) is 7.51. The van der Waals surface area contributed by atoms with Gasteiger partial charge < -0.3 is 30.4 Å². The van der Waals surface area contributed by atoms with Gasteiger partial charge in [-0.1, -0.05) is 18.2 Å². The van der Waals surface area contributed by atoms with E-state index in [1.54, 1.807) is 16.8 Å². The van der Waals surface area contributed by atoms with Crippen molar-refractivity contribution >= 4 is 16.9 Å². The minimum Gasteiger partial charge on any atom is -0.387 e. The van der Waals surface area contributed by atoms with Gasteiger partial charge in [0.1, 0.15) is 42.2 Å². The van der Waals surface area contributed by atoms with Crippen LogP contribution in [-0.2, 0) is 17.6 Å². The number of benzene rings is 1. The molecular formula is C19H20N4O4. The molecule has 27 heavy (non-hydrogen) atoms. The molecule has 1 unspecified atom stereocenters. The third-order valence-corrected chi connectivity index (χ3v) is 5.64. The fourth-order valence-corrected chi connectivity index (χ4v) is 3.96. The van der Waals surface area contributed by atoms with E-state index in [2.05, 4.69) is 9.97 Å². The smallest absolute Gasteiger partial charge is 0.164 e. The van der Waals surface area contributed by atoms with Crippen LogP contribution in [0.25, 0.3) is 11.0 Å². The molecule has 0 radical (unpaired) electrons. The Morgan fingerprint density at radius 1 is 1.11 bits per heavy atom. The molecule has 0 saturated carbocycles. The predicted molar refractivity (Wildman–Crippen MR) is 96.7 cm³/mol. The van der Waals surface area contributed by atoms with Crippen molar-refractivity contribution in [1.82, 2.24) is 14.5 Å². The summed E-state index contributed by atoms with van der Waals surface area (Å²) in [6.45, 7) is 0. The van der Waals surface area contributed by atoms with Gasteiger partial charge >= 0.3 is 0 Å². The van der Waals surface area contributed by atoms with Crippen molar-refractivity contribution in [2.24, 2.45) is 0 Å². The molecule has 2 aromatic heterocycles. The van der Waals surface area contributed by atoms with Gasteiger partial charge in [0, 0.05) is 6.20 Å². The van der Waals surface area contributed by atoms with Crippen LogP contribution < -0.4 is 5.73 Å². The molecule has 140 valence electrons. The van der Waals surface area contributed by atoms with E-state index < -0.39 is 30.6 Å². The number of hydrogen-bond donors (Lipinski definition) is 4. The Kier molecular flexibility index (Phi) is 3.70. The second-order valence-corrected chi connectivity index (χ2v) is 7.16. The first-order valence-electron chi connectivity index (χ1n) is 8.93. The number of nitrogen functional groups attached to an aromatic ring is 1. The Bertz CT molecular complexity index is 1020. The first-order valence-corrected chi connectivity index (χ1v) is 8.93. The van der Waals surface area contributed by atoms with Gasteiger partial charge in [-0.15, -0.1) is 0 Å². The topological polar surface area (TPSA) is 127 Å². The number of aryl methyl sites for hydroxylation is 2. The van der Waals surface area contributed by atoms with E-state index >= 15 is 0 Å². The highest BCUT2D eigenvalue weighted by Crippen LogP contribution is 2.38. The summed E-state index contributed by atoms with van der Waals surface area (Å²) < 4.78 is 7.50. The molecular weight excluding hydrogens is 348 g/mol. The fourth-order valence-electron chi connectivity index (χ4n) is 3.96. The lowest BCUT2D eigenvalue weighted by Crippen LogP contribution is -2.35. The minimum absolute atomic E-state index is 0.324. The number of hydrogen-bond acceptors (Lipinski definition) is 7. The number of aliphatic hydroxyl groups is 3. The molecule has 0 amide bonds. The molecule has 1 fully saturated rings. The van der Waals surface area contributed by atoms with E-state index in [0.29, 0.717) is 22.4 Å². The number of anilines is 1. The van der Waals surface area contributed by atoms with Crippen LogP contribution in [0.15, 0.2) is 36.8 Å². The third-order valence-electron chi connectivity index (χ3n) is 5.64. The van der Waals surface area contributed by atoms with Crippen LogP contribution in [-0.4, -0.2) is 48.2 Å². The van der Waals surface area contributed by atoms with Crippen molar-refractivity contribution in [2.75, 3.05) is 5.73 Å². The molecule has 1 aliphatic carbocycles. The quantitative estimate of drug-likeness (QED) is 0.529. The van der Waals surface area contributed by atoms with E-state index in [1.165, 1.54) is 17.5 Å². The molecule has 1 aromatic carbocycles. The maximum absolute atomic E-state index is 10.8. The molecule has 1 aliphatic heterocycles. The molecule has 0 spiro atoms. The van der Waals surface area contributed by atoms with Gasteiger partial charge in [0.05, 0.1) is 5.39 Å². The molecule has 5 N–H and O–H groups in total. The van der Waals surface area contributed by atoms with Crippen LogP contribution in [0.5, 0.6) is 0 Å². The monoisotopic (exact) mass is 368 g/mol. The van der Waals surface area contributed by atoms with Crippen molar-refractivity contribution in [3.05, 3.63) is 53.5 Å². The van der Waals surface area contributed by atoms with Gasteiger partial charge in [-0.05, 0) is 35.6 Å². The molecule has 3 heterocycles. The van der Waals surface area contributed by atoms with Gasteiger partial charge in [-0.3, -0.25) is 0 Å². The maximum atomic E-state index is 10.8. The molecule has 5 atom stereocenters. The highest BCUT2D eigenvalue weighted by molar-refractivity contribution is 5.86. The van der Waals surface area contributed by atoms with Crippen LogP contribution in [0.4, 0.5) is 5.82 Å². The Labute approximate surface area is 154 Å². The lowest BCUT2D eigenvalue weighted by Gasteiger charge is -2.25. The summed E-state index contributed by atoms with van der Waals surface area (Å²) >= 11 is 0. The van der Waals surface area contributed by atoms with Crippen LogP contribution in [0.2, 0.25) is 0 Å². The van der Waals surface area contributed by atoms with Gasteiger partial charge in [0.2, 0.25) is 0 Å². The average Bonchev–Trinajstić information content (AvgIpc) is 3.19. The number of rotatable bonds is 3. The number of nitrogens with zero attached hydrogens (tertiary/aromatic N) is 3. The number of aliphatic hydroxyl groups excluding tert-OH is 3. The van der Waals surface area contributed by atoms with E-state index in [1.807, 2.05) is 18.2 Å². The summed E-state index contributed by atoms with van der Waals surface area (Å²) in [5, 5.41) is 32.5. The first kappa shape index (κ1) is 16.6. The van der Waals surface area contributed by atoms with Crippen molar-refractivity contribution < 1.29 is 20.1 Å². The maximum Gasteiger partial charge on any atom is 0.164 e. The lowest BCUT2D eigenvalue weighted by atomic mass is 9.85. The largest absolute Gasteiger partial charge is 0.387 e. The molecule has 8 nitrogen and oxygen atoms in total. The molecule has 0 bridgehead atoms. The number of aromatic nitrogens is 3. The van der Waals surface area contributed by atoms with Gasteiger partial charge in [-0.2, -0.15) is 0 Å². The zero-order valence-electron chi connectivity index (χ0n) is 14.4. The Hall–Kier alpha value is -2.52. The Morgan fingerprint density at radius 2 is 1.93 bits per heavy atom. The van der Waals surface area contributed by atoms with Crippen molar-refractivity contribution in [1.29, 1.82) is 0 Å². The van der Waals surface area contributed by atoms with Crippen LogP contribution in [0, 0.1) is 0 Å². The third kappa shape index (κ3) is 2.45. The fraction of sp³-hybridized carbons (Fsp3) is 0.368. The highest BCUT2D eigenvalue weighted by atomic mass is 16.6. The van der Waals surface area contributed by atoms with Crippen LogP contribution in [0.3, 0.4) is 0 Å². The molecule has 5 rings (SSSR count). The zero-order valence-corrected chi connectivity index (χ0v) is 14.4. The number of fused-ring (bicyclic) bond motifs is 2. The molecule has 1 saturated heterocycles. The van der Waals surface area contributed by atoms with Crippen molar-refractivity contribution in [3.8, 4) is 0 Å². The lowest BCUT2D eigenvalue weighted by molar-refractivity contribution is -0.0848. The van der Waals surface area contributed by atoms with Gasteiger partial charge in [0.25, 0.3) is 0 Å². The summed E-state index contributed by atoms with van der Waals surface area (Å²) in [4.78, 5) is 8.15. The second kappa shape index (κ2) is 6.00. The Balaban J connectivity index is 1.46. The molecule has 8 heteroatoms.